The van der Waals surface area contributed by atoms with Crippen molar-refractivity contribution >= 4 is 5.97 Å². The molecule has 0 atom stereocenters. The van der Waals surface area contributed by atoms with Gasteiger partial charge in [0.1, 0.15) is 0 Å². The molecule has 16 heavy (non-hydrogen) atoms. The summed E-state index contributed by atoms with van der Waals surface area (Å²) in [6, 6.07) is 2.05. The Hall–Kier alpha value is -1.36. The predicted octanol–water partition coefficient (Wildman–Crippen LogP) is 0.684. The molecule has 0 radical (unpaired) electrons. The summed E-state index contributed by atoms with van der Waals surface area (Å²) in [7, 11) is 1.92. The van der Waals surface area contributed by atoms with Crippen LogP contribution in [0.25, 0.3) is 0 Å². The highest BCUT2D eigenvalue weighted by Crippen LogP contribution is 2.26. The second-order valence-electron chi connectivity index (χ2n) is 4.36. The highest BCUT2D eigenvalue weighted by Gasteiger charge is 2.23. The first-order valence-corrected chi connectivity index (χ1v) is 5.59. The number of aryl methyl sites for hydroxylation is 1. The van der Waals surface area contributed by atoms with Gasteiger partial charge in [-0.05, 0) is 32.0 Å². The minimum atomic E-state index is -0.740. The van der Waals surface area contributed by atoms with Crippen LogP contribution in [0.2, 0.25) is 0 Å². The zero-order chi connectivity index (χ0) is 11.5. The first kappa shape index (κ1) is 11.1. The van der Waals surface area contributed by atoms with Crippen molar-refractivity contribution in [1.82, 2.24) is 14.7 Å². The molecule has 1 saturated heterocycles. The average molecular weight is 223 g/mol. The second kappa shape index (κ2) is 4.65. The van der Waals surface area contributed by atoms with Crippen molar-refractivity contribution < 1.29 is 9.90 Å². The van der Waals surface area contributed by atoms with E-state index in [2.05, 4.69) is 11.2 Å². The molecule has 0 unspecified atom stereocenters. The van der Waals surface area contributed by atoms with Crippen LogP contribution in [0.15, 0.2) is 12.3 Å². The SMILES string of the molecule is Cn1ccc(C2CCN(CC(=O)O)CC2)n1. The van der Waals surface area contributed by atoms with Crippen molar-refractivity contribution in [1.29, 1.82) is 0 Å². The van der Waals surface area contributed by atoms with E-state index in [1.165, 1.54) is 0 Å². The summed E-state index contributed by atoms with van der Waals surface area (Å²) in [6.45, 7) is 1.87. The number of hydrogen-bond donors (Lipinski definition) is 1. The summed E-state index contributed by atoms with van der Waals surface area (Å²) in [5.74, 6) is -0.248. The highest BCUT2D eigenvalue weighted by molar-refractivity contribution is 5.69. The lowest BCUT2D eigenvalue weighted by atomic mass is 9.94. The molecule has 0 bridgehead atoms. The maximum atomic E-state index is 10.6. The zero-order valence-electron chi connectivity index (χ0n) is 9.46. The number of carboxylic acids is 1. The molecule has 0 aromatic carbocycles. The Balaban J connectivity index is 1.87. The Morgan fingerprint density at radius 2 is 2.25 bits per heavy atom. The maximum Gasteiger partial charge on any atom is 0.317 e. The molecule has 5 heteroatoms. The molecule has 0 spiro atoms. The topological polar surface area (TPSA) is 58.4 Å². The van der Waals surface area contributed by atoms with Crippen LogP contribution in [0.1, 0.15) is 24.5 Å². The number of aromatic nitrogens is 2. The van der Waals surface area contributed by atoms with E-state index in [-0.39, 0.29) is 6.54 Å². The van der Waals surface area contributed by atoms with Gasteiger partial charge >= 0.3 is 5.97 Å². The third-order valence-corrected chi connectivity index (χ3v) is 3.10. The molecule has 0 amide bonds. The lowest BCUT2D eigenvalue weighted by Gasteiger charge is -2.29. The Bertz CT molecular complexity index is 367. The summed E-state index contributed by atoms with van der Waals surface area (Å²) >= 11 is 0. The fraction of sp³-hybridized carbons (Fsp3) is 0.636. The van der Waals surface area contributed by atoms with Crippen LogP contribution in [0.3, 0.4) is 0 Å². The van der Waals surface area contributed by atoms with E-state index in [1.54, 1.807) is 0 Å². The Labute approximate surface area is 94.7 Å². The molecule has 1 aromatic rings. The molecule has 1 aliphatic heterocycles. The molecular weight excluding hydrogens is 206 g/mol. The van der Waals surface area contributed by atoms with Gasteiger partial charge in [0, 0.05) is 19.2 Å². The molecule has 0 aliphatic carbocycles. The molecule has 1 N–H and O–H groups in total. The summed E-state index contributed by atoms with van der Waals surface area (Å²) < 4.78 is 1.82. The first-order valence-electron chi connectivity index (χ1n) is 5.59. The van der Waals surface area contributed by atoms with Crippen LogP contribution in [-0.2, 0) is 11.8 Å². The van der Waals surface area contributed by atoms with Gasteiger partial charge in [-0.25, -0.2) is 0 Å². The summed E-state index contributed by atoms with van der Waals surface area (Å²) in [4.78, 5) is 12.6. The van der Waals surface area contributed by atoms with E-state index in [4.69, 9.17) is 5.11 Å². The van der Waals surface area contributed by atoms with Crippen molar-refractivity contribution in [2.45, 2.75) is 18.8 Å². The monoisotopic (exact) mass is 223 g/mol. The van der Waals surface area contributed by atoms with Gasteiger partial charge in [-0.3, -0.25) is 14.4 Å². The minimum Gasteiger partial charge on any atom is -0.480 e. The van der Waals surface area contributed by atoms with Gasteiger partial charge in [0.25, 0.3) is 0 Å². The van der Waals surface area contributed by atoms with Crippen LogP contribution in [-0.4, -0.2) is 45.4 Å². The molecule has 88 valence electrons. The normalized spacial score (nSPS) is 18.8. The van der Waals surface area contributed by atoms with Crippen LogP contribution in [0.5, 0.6) is 0 Å². The van der Waals surface area contributed by atoms with Crippen LogP contribution < -0.4 is 0 Å². The number of carbonyl (C=O) groups is 1. The van der Waals surface area contributed by atoms with Gasteiger partial charge in [0.15, 0.2) is 0 Å². The molecule has 2 rings (SSSR count). The van der Waals surface area contributed by atoms with Gasteiger partial charge in [-0.15, -0.1) is 0 Å². The fourth-order valence-electron chi connectivity index (χ4n) is 2.23. The fourth-order valence-corrected chi connectivity index (χ4v) is 2.23. The van der Waals surface area contributed by atoms with Gasteiger partial charge in [-0.2, -0.15) is 5.10 Å². The number of carboxylic acid groups (broad SMARTS) is 1. The van der Waals surface area contributed by atoms with E-state index in [0.717, 1.165) is 31.6 Å². The van der Waals surface area contributed by atoms with Gasteiger partial charge in [0.2, 0.25) is 0 Å². The average Bonchev–Trinajstić information content (AvgIpc) is 2.65. The highest BCUT2D eigenvalue weighted by atomic mass is 16.4. The number of likely N-dealkylation sites (tertiary alicyclic amines) is 1. The van der Waals surface area contributed by atoms with Crippen molar-refractivity contribution in [2.24, 2.45) is 7.05 Å². The second-order valence-corrected chi connectivity index (χ2v) is 4.36. The molecule has 1 fully saturated rings. The minimum absolute atomic E-state index is 0.162. The summed E-state index contributed by atoms with van der Waals surface area (Å²) in [5.41, 5.74) is 1.14. The molecule has 1 aliphatic rings. The maximum absolute atomic E-state index is 10.6. The Kier molecular flexibility index (Phi) is 3.24. The number of rotatable bonds is 3. The number of aliphatic carboxylic acids is 1. The number of hydrogen-bond acceptors (Lipinski definition) is 3. The van der Waals surface area contributed by atoms with Crippen molar-refractivity contribution in [3.63, 3.8) is 0 Å². The molecule has 0 saturated carbocycles. The predicted molar refractivity (Wildman–Crippen MR) is 59.3 cm³/mol. The Morgan fingerprint density at radius 1 is 1.56 bits per heavy atom. The summed E-state index contributed by atoms with van der Waals surface area (Å²) in [6.07, 6.45) is 3.97. The van der Waals surface area contributed by atoms with Crippen molar-refractivity contribution in [3.8, 4) is 0 Å². The molecular formula is C11H17N3O2. The lowest BCUT2D eigenvalue weighted by molar-refractivity contribution is -0.138. The zero-order valence-corrected chi connectivity index (χ0v) is 9.46. The van der Waals surface area contributed by atoms with E-state index >= 15 is 0 Å². The van der Waals surface area contributed by atoms with Gasteiger partial charge in [0.05, 0.1) is 12.2 Å². The molecule has 5 nitrogen and oxygen atoms in total. The number of nitrogens with zero attached hydrogens (tertiary/aromatic N) is 3. The smallest absolute Gasteiger partial charge is 0.317 e. The summed E-state index contributed by atoms with van der Waals surface area (Å²) in [5, 5.41) is 13.1. The van der Waals surface area contributed by atoms with Crippen LogP contribution >= 0.6 is 0 Å². The van der Waals surface area contributed by atoms with E-state index < -0.39 is 5.97 Å². The standard InChI is InChI=1S/C11H17N3O2/c1-13-5-4-10(12-13)9-2-6-14(7-3-9)8-11(15)16/h4-5,9H,2-3,6-8H2,1H3,(H,15,16). The lowest BCUT2D eigenvalue weighted by Crippen LogP contribution is -2.36. The first-order chi connectivity index (χ1) is 7.65. The third kappa shape index (κ3) is 2.61. The van der Waals surface area contributed by atoms with Crippen molar-refractivity contribution in [3.05, 3.63) is 18.0 Å². The van der Waals surface area contributed by atoms with E-state index in [0.29, 0.717) is 5.92 Å². The third-order valence-electron chi connectivity index (χ3n) is 3.10. The number of piperidine rings is 1. The van der Waals surface area contributed by atoms with Crippen LogP contribution in [0, 0.1) is 0 Å². The Morgan fingerprint density at radius 3 is 2.75 bits per heavy atom. The quantitative estimate of drug-likeness (QED) is 0.818. The van der Waals surface area contributed by atoms with Gasteiger partial charge < -0.3 is 5.11 Å². The van der Waals surface area contributed by atoms with Crippen molar-refractivity contribution in [2.75, 3.05) is 19.6 Å². The molecule has 2 heterocycles. The van der Waals surface area contributed by atoms with E-state index in [9.17, 15) is 4.79 Å². The largest absolute Gasteiger partial charge is 0.480 e. The molecule has 1 aromatic heterocycles. The van der Waals surface area contributed by atoms with Crippen LogP contribution in [0.4, 0.5) is 0 Å². The van der Waals surface area contributed by atoms with Gasteiger partial charge in [-0.1, -0.05) is 0 Å². The van der Waals surface area contributed by atoms with E-state index in [1.807, 2.05) is 22.8 Å².